The third kappa shape index (κ3) is 7.49. The summed E-state index contributed by atoms with van der Waals surface area (Å²) in [5, 5.41) is 0. The Kier molecular flexibility index (Phi) is 10.1. The molecule has 0 unspecified atom stereocenters. The van der Waals surface area contributed by atoms with Gasteiger partial charge in [-0.15, -0.1) is 0 Å². The number of amides is 1. The van der Waals surface area contributed by atoms with Crippen LogP contribution in [0, 0.1) is 11.2 Å². The Hall–Kier alpha value is -3.69. The molecule has 4 aliphatic heterocycles. The van der Waals surface area contributed by atoms with Crippen LogP contribution in [0.25, 0.3) is 0 Å². The van der Waals surface area contributed by atoms with Gasteiger partial charge in [0.2, 0.25) is 10.0 Å². The third-order valence-corrected chi connectivity index (χ3v) is 12.0. The molecule has 4 fully saturated rings. The minimum Gasteiger partial charge on any atom is -0.451 e. The molecule has 5 heterocycles. The molecule has 2 aromatic carbocycles. The van der Waals surface area contributed by atoms with Gasteiger partial charge < -0.3 is 28.9 Å². The van der Waals surface area contributed by atoms with Crippen molar-refractivity contribution in [1.82, 2.24) is 24.5 Å². The van der Waals surface area contributed by atoms with E-state index in [1.165, 1.54) is 24.5 Å². The number of hydrogen-bond acceptors (Lipinski definition) is 10. The summed E-state index contributed by atoms with van der Waals surface area (Å²) in [5.74, 6) is 0.508. The van der Waals surface area contributed by atoms with E-state index in [4.69, 9.17) is 14.2 Å². The third-order valence-electron chi connectivity index (χ3n) is 10.4. The second kappa shape index (κ2) is 14.5. The molecule has 268 valence electrons. The summed E-state index contributed by atoms with van der Waals surface area (Å²) in [7, 11) is -3.57. The van der Waals surface area contributed by atoms with E-state index in [2.05, 4.69) is 24.5 Å². The molecular formula is C36H45FN6O6S. The number of piperidine rings is 1. The van der Waals surface area contributed by atoms with Gasteiger partial charge in [0.15, 0.2) is 11.6 Å². The molecule has 14 heteroatoms. The lowest BCUT2D eigenvalue weighted by molar-refractivity contribution is -0.0299. The van der Waals surface area contributed by atoms with Crippen LogP contribution >= 0.6 is 0 Å². The van der Waals surface area contributed by atoms with Gasteiger partial charge in [-0.2, -0.15) is 0 Å². The fourth-order valence-electron chi connectivity index (χ4n) is 7.70. The number of likely N-dealkylation sites (tertiary alicyclic amines) is 1. The highest BCUT2D eigenvalue weighted by atomic mass is 32.2. The van der Waals surface area contributed by atoms with Gasteiger partial charge in [-0.1, -0.05) is 18.2 Å². The quantitative estimate of drug-likeness (QED) is 0.348. The lowest BCUT2D eigenvalue weighted by atomic mass is 9.72. The van der Waals surface area contributed by atoms with E-state index in [-0.39, 0.29) is 51.8 Å². The molecule has 1 N–H and O–H groups in total. The van der Waals surface area contributed by atoms with Gasteiger partial charge in [0.25, 0.3) is 5.91 Å². The molecular weight excluding hydrogens is 663 g/mol. The zero-order valence-electron chi connectivity index (χ0n) is 28.5. The Bertz CT molecular complexity index is 1750. The second-order valence-electron chi connectivity index (χ2n) is 14.2. The van der Waals surface area contributed by atoms with E-state index in [0.29, 0.717) is 31.4 Å². The van der Waals surface area contributed by atoms with Crippen molar-refractivity contribution < 1.29 is 31.8 Å². The summed E-state index contributed by atoms with van der Waals surface area (Å²) in [6.45, 7) is 9.46. The molecule has 0 aliphatic carbocycles. The minimum absolute atomic E-state index is 0.0815. The van der Waals surface area contributed by atoms with Crippen LogP contribution in [0.2, 0.25) is 0 Å². The number of anilines is 1. The first-order valence-electron chi connectivity index (χ1n) is 17.4. The second-order valence-corrected chi connectivity index (χ2v) is 15.9. The highest BCUT2D eigenvalue weighted by Crippen LogP contribution is 2.45. The SMILES string of the molecule is C[C@@H]1COC[C@@H](C)N1C(=O)c1cc(F)ccc1Oc1cncnc1N1CC2(CCN(C[C@@H]3CC[C@@H](NS(=O)(=O)c4ccccc4)CO3)CC2)C1. The molecule has 1 aromatic heterocycles. The molecule has 12 nitrogen and oxygen atoms in total. The number of sulfonamides is 1. The topological polar surface area (TPSA) is 126 Å². The molecule has 0 saturated carbocycles. The summed E-state index contributed by atoms with van der Waals surface area (Å²) in [5.41, 5.74) is 0.325. The van der Waals surface area contributed by atoms with Gasteiger partial charge in [-0.3, -0.25) is 4.79 Å². The van der Waals surface area contributed by atoms with E-state index in [1.807, 2.05) is 13.8 Å². The Labute approximate surface area is 293 Å². The molecule has 1 amide bonds. The molecule has 50 heavy (non-hydrogen) atoms. The summed E-state index contributed by atoms with van der Waals surface area (Å²) in [6, 6.07) is 11.9. The van der Waals surface area contributed by atoms with Crippen LogP contribution in [-0.2, 0) is 19.5 Å². The predicted molar refractivity (Wildman–Crippen MR) is 184 cm³/mol. The molecule has 0 radical (unpaired) electrons. The highest BCUT2D eigenvalue weighted by molar-refractivity contribution is 7.89. The predicted octanol–water partition coefficient (Wildman–Crippen LogP) is 4.09. The van der Waals surface area contributed by atoms with E-state index in [9.17, 15) is 17.6 Å². The number of carbonyl (C=O) groups excluding carboxylic acids is 1. The number of rotatable bonds is 9. The summed E-state index contributed by atoms with van der Waals surface area (Å²) >= 11 is 0. The minimum atomic E-state index is -3.57. The van der Waals surface area contributed by atoms with Crippen molar-refractivity contribution in [3.63, 3.8) is 0 Å². The molecule has 7 rings (SSSR count). The lowest BCUT2D eigenvalue weighted by Gasteiger charge is -2.54. The van der Waals surface area contributed by atoms with Gasteiger partial charge >= 0.3 is 0 Å². The lowest BCUT2D eigenvalue weighted by Crippen LogP contribution is -2.61. The standard InChI is InChI=1S/C36H45FN6O6S/c1-25-19-47-20-26(2)43(25)35(44)31-16-27(37)8-11-32(31)49-33-17-38-24-39-34(33)42-22-36(23-42)12-14-41(15-13-36)18-29-10-9-28(21-48-29)40-50(45,46)30-6-4-3-5-7-30/h3-8,11,16-17,24-26,28-29,40H,9-10,12-15,18-23H2,1-2H3/t25-,26-,28-,29+/m1/s1. The average molecular weight is 709 g/mol. The normalized spacial score (nSPS) is 25.7. The maximum atomic E-state index is 14.4. The van der Waals surface area contributed by atoms with Crippen molar-refractivity contribution in [2.45, 2.75) is 68.7 Å². The first-order chi connectivity index (χ1) is 24.1. The van der Waals surface area contributed by atoms with Crippen LogP contribution < -0.4 is 14.4 Å². The van der Waals surface area contributed by atoms with Crippen LogP contribution in [0.4, 0.5) is 10.2 Å². The molecule has 4 aliphatic rings. The van der Waals surface area contributed by atoms with E-state index < -0.39 is 15.8 Å². The van der Waals surface area contributed by atoms with Crippen LogP contribution in [0.15, 0.2) is 66.0 Å². The number of nitrogens with zero attached hydrogens (tertiary/aromatic N) is 5. The highest BCUT2D eigenvalue weighted by Gasteiger charge is 2.46. The molecule has 0 bridgehead atoms. The zero-order valence-corrected chi connectivity index (χ0v) is 29.4. The maximum Gasteiger partial charge on any atom is 0.258 e. The largest absolute Gasteiger partial charge is 0.451 e. The van der Waals surface area contributed by atoms with Gasteiger partial charge in [0.1, 0.15) is 17.9 Å². The molecule has 4 saturated heterocycles. The van der Waals surface area contributed by atoms with Crippen molar-refractivity contribution in [3.8, 4) is 11.5 Å². The average Bonchev–Trinajstić information content (AvgIpc) is 3.10. The number of carbonyl (C=O) groups is 1. The molecule has 3 aromatic rings. The molecule has 4 atom stereocenters. The Morgan fingerprint density at radius 3 is 2.46 bits per heavy atom. The van der Waals surface area contributed by atoms with Crippen LogP contribution in [0.5, 0.6) is 11.5 Å². The number of morpholine rings is 1. The fraction of sp³-hybridized carbons (Fsp3) is 0.528. The van der Waals surface area contributed by atoms with Gasteiger partial charge in [-0.25, -0.2) is 27.5 Å². The van der Waals surface area contributed by atoms with Crippen LogP contribution in [0.1, 0.15) is 49.9 Å². The Morgan fingerprint density at radius 2 is 1.76 bits per heavy atom. The van der Waals surface area contributed by atoms with Crippen molar-refractivity contribution >= 4 is 21.7 Å². The first kappa shape index (κ1) is 34.7. The zero-order chi connectivity index (χ0) is 34.9. The number of benzene rings is 2. The maximum absolute atomic E-state index is 14.4. The van der Waals surface area contributed by atoms with Crippen molar-refractivity contribution in [2.75, 3.05) is 57.4 Å². The van der Waals surface area contributed by atoms with E-state index >= 15 is 0 Å². The van der Waals surface area contributed by atoms with E-state index in [0.717, 1.165) is 58.4 Å². The monoisotopic (exact) mass is 708 g/mol. The van der Waals surface area contributed by atoms with Gasteiger partial charge in [0, 0.05) is 31.1 Å². The van der Waals surface area contributed by atoms with Crippen molar-refractivity contribution in [2.24, 2.45) is 5.41 Å². The van der Waals surface area contributed by atoms with Crippen molar-refractivity contribution in [3.05, 3.63) is 72.4 Å². The summed E-state index contributed by atoms with van der Waals surface area (Å²) < 4.78 is 60.7. The number of hydrogen-bond donors (Lipinski definition) is 1. The smallest absolute Gasteiger partial charge is 0.258 e. The van der Waals surface area contributed by atoms with Crippen LogP contribution in [0.3, 0.4) is 0 Å². The van der Waals surface area contributed by atoms with Crippen molar-refractivity contribution in [1.29, 1.82) is 0 Å². The fourth-order valence-corrected chi connectivity index (χ4v) is 8.97. The number of halogens is 1. The van der Waals surface area contributed by atoms with Gasteiger partial charge in [0.05, 0.1) is 54.7 Å². The number of aromatic nitrogens is 2. The Balaban J connectivity index is 0.917. The summed E-state index contributed by atoms with van der Waals surface area (Å²) in [6.07, 6.45) is 6.80. The number of ether oxygens (including phenoxy) is 3. The molecule has 1 spiro atoms. The Morgan fingerprint density at radius 1 is 1.02 bits per heavy atom. The van der Waals surface area contributed by atoms with E-state index in [1.54, 1.807) is 41.4 Å². The first-order valence-corrected chi connectivity index (χ1v) is 18.9. The van der Waals surface area contributed by atoms with Gasteiger partial charge in [-0.05, 0) is 83.0 Å². The van der Waals surface area contributed by atoms with Crippen LogP contribution in [-0.4, -0.2) is 111 Å². The number of nitrogens with one attached hydrogen (secondary N) is 1. The summed E-state index contributed by atoms with van der Waals surface area (Å²) in [4.78, 5) is 29.1.